The van der Waals surface area contributed by atoms with Crippen LogP contribution in [-0.4, -0.2) is 12.6 Å². The first-order valence-electron chi connectivity index (χ1n) is 7.53. The van der Waals surface area contributed by atoms with Gasteiger partial charge in [0.15, 0.2) is 0 Å². The predicted octanol–water partition coefficient (Wildman–Crippen LogP) is 4.03. The van der Waals surface area contributed by atoms with Gasteiger partial charge >= 0.3 is 0 Å². The third kappa shape index (κ3) is 4.13. The van der Waals surface area contributed by atoms with Crippen LogP contribution in [-0.2, 0) is 6.42 Å². The maximum Gasteiger partial charge on any atom is 0.00104 e. The summed E-state index contributed by atoms with van der Waals surface area (Å²) in [6, 6.07) is 11.6. The molecule has 0 radical (unpaired) electrons. The van der Waals surface area contributed by atoms with E-state index in [-0.39, 0.29) is 0 Å². The molecule has 1 aliphatic carbocycles. The van der Waals surface area contributed by atoms with Crippen molar-refractivity contribution >= 4 is 0 Å². The second-order valence-corrected chi connectivity index (χ2v) is 6.06. The first-order valence-corrected chi connectivity index (χ1v) is 7.53. The highest BCUT2D eigenvalue weighted by atomic mass is 14.9. The van der Waals surface area contributed by atoms with E-state index in [1.807, 2.05) is 0 Å². The summed E-state index contributed by atoms with van der Waals surface area (Å²) >= 11 is 0. The van der Waals surface area contributed by atoms with Crippen molar-refractivity contribution in [1.82, 2.24) is 5.32 Å². The third-order valence-electron chi connectivity index (χ3n) is 4.20. The van der Waals surface area contributed by atoms with Crippen molar-refractivity contribution in [2.45, 2.75) is 52.0 Å². The number of nitrogens with one attached hydrogen (secondary N) is 1. The van der Waals surface area contributed by atoms with Gasteiger partial charge in [-0.15, -0.1) is 0 Å². The molecule has 0 spiro atoms. The first-order chi connectivity index (χ1) is 8.75. The molecule has 1 aromatic rings. The van der Waals surface area contributed by atoms with Gasteiger partial charge in [0.25, 0.3) is 0 Å². The van der Waals surface area contributed by atoms with Crippen molar-refractivity contribution in [1.29, 1.82) is 0 Å². The SMILES string of the molecule is CC(C)NCC1CCCCC1Cc1ccccc1. The van der Waals surface area contributed by atoms with E-state index in [2.05, 4.69) is 49.5 Å². The van der Waals surface area contributed by atoms with Crippen molar-refractivity contribution < 1.29 is 0 Å². The summed E-state index contributed by atoms with van der Waals surface area (Å²) in [7, 11) is 0. The van der Waals surface area contributed by atoms with Gasteiger partial charge in [-0.05, 0) is 43.2 Å². The zero-order valence-corrected chi connectivity index (χ0v) is 11.9. The Morgan fingerprint density at radius 3 is 2.39 bits per heavy atom. The highest BCUT2D eigenvalue weighted by Crippen LogP contribution is 2.32. The Bertz CT molecular complexity index is 331. The minimum absolute atomic E-state index is 0.615. The molecule has 1 fully saturated rings. The first kappa shape index (κ1) is 13.6. The summed E-state index contributed by atoms with van der Waals surface area (Å²) in [5.74, 6) is 1.76. The lowest BCUT2D eigenvalue weighted by molar-refractivity contribution is 0.224. The van der Waals surface area contributed by atoms with Gasteiger partial charge in [0.05, 0.1) is 0 Å². The molecule has 2 rings (SSSR count). The average Bonchev–Trinajstić information content (AvgIpc) is 2.39. The molecule has 0 amide bonds. The summed E-state index contributed by atoms with van der Waals surface area (Å²) < 4.78 is 0. The van der Waals surface area contributed by atoms with Crippen LogP contribution in [0.4, 0.5) is 0 Å². The van der Waals surface area contributed by atoms with Crippen molar-refractivity contribution in [3.63, 3.8) is 0 Å². The summed E-state index contributed by atoms with van der Waals surface area (Å²) in [6.45, 7) is 5.69. The van der Waals surface area contributed by atoms with Gasteiger partial charge in [-0.25, -0.2) is 0 Å². The minimum Gasteiger partial charge on any atom is -0.314 e. The Labute approximate surface area is 112 Å². The minimum atomic E-state index is 0.615. The van der Waals surface area contributed by atoms with E-state index in [0.29, 0.717) is 6.04 Å². The summed E-state index contributed by atoms with van der Waals surface area (Å²) in [4.78, 5) is 0. The highest BCUT2D eigenvalue weighted by molar-refractivity contribution is 5.15. The van der Waals surface area contributed by atoms with Gasteiger partial charge in [-0.3, -0.25) is 0 Å². The number of benzene rings is 1. The van der Waals surface area contributed by atoms with Crippen LogP contribution in [0.1, 0.15) is 45.1 Å². The molecular formula is C17H27N. The van der Waals surface area contributed by atoms with Gasteiger partial charge in [0.1, 0.15) is 0 Å². The highest BCUT2D eigenvalue weighted by Gasteiger charge is 2.24. The fourth-order valence-corrected chi connectivity index (χ4v) is 3.13. The van der Waals surface area contributed by atoms with E-state index in [1.165, 1.54) is 44.2 Å². The van der Waals surface area contributed by atoms with Gasteiger partial charge in [0.2, 0.25) is 0 Å². The normalized spacial score (nSPS) is 24.4. The molecule has 1 saturated carbocycles. The Morgan fingerprint density at radius 1 is 1.06 bits per heavy atom. The Kier molecular flexibility index (Phi) is 5.25. The molecule has 0 aliphatic heterocycles. The van der Waals surface area contributed by atoms with Gasteiger partial charge < -0.3 is 5.32 Å². The molecule has 18 heavy (non-hydrogen) atoms. The van der Waals surface area contributed by atoms with E-state index in [0.717, 1.165) is 11.8 Å². The van der Waals surface area contributed by atoms with Crippen LogP contribution in [0.2, 0.25) is 0 Å². The molecular weight excluding hydrogens is 218 g/mol. The second kappa shape index (κ2) is 6.94. The monoisotopic (exact) mass is 245 g/mol. The van der Waals surface area contributed by atoms with E-state index in [1.54, 1.807) is 0 Å². The van der Waals surface area contributed by atoms with Crippen molar-refractivity contribution in [3.05, 3.63) is 35.9 Å². The number of hydrogen-bond acceptors (Lipinski definition) is 1. The molecule has 1 aromatic carbocycles. The fourth-order valence-electron chi connectivity index (χ4n) is 3.13. The molecule has 1 nitrogen and oxygen atoms in total. The molecule has 1 aliphatic rings. The van der Waals surface area contributed by atoms with Crippen LogP contribution < -0.4 is 5.32 Å². The Balaban J connectivity index is 1.91. The lowest BCUT2D eigenvalue weighted by Crippen LogP contribution is -2.34. The quantitative estimate of drug-likeness (QED) is 0.825. The predicted molar refractivity (Wildman–Crippen MR) is 78.7 cm³/mol. The topological polar surface area (TPSA) is 12.0 Å². The zero-order valence-electron chi connectivity index (χ0n) is 11.9. The van der Waals surface area contributed by atoms with Crippen LogP contribution in [0.15, 0.2) is 30.3 Å². The van der Waals surface area contributed by atoms with E-state index in [9.17, 15) is 0 Å². The fraction of sp³-hybridized carbons (Fsp3) is 0.647. The molecule has 1 N–H and O–H groups in total. The summed E-state index contributed by atoms with van der Waals surface area (Å²) in [5, 5.41) is 3.63. The van der Waals surface area contributed by atoms with Crippen LogP contribution in [0.5, 0.6) is 0 Å². The Morgan fingerprint density at radius 2 is 1.72 bits per heavy atom. The zero-order chi connectivity index (χ0) is 12.8. The van der Waals surface area contributed by atoms with Crippen LogP contribution in [0.3, 0.4) is 0 Å². The smallest absolute Gasteiger partial charge is 0.00104 e. The average molecular weight is 245 g/mol. The third-order valence-corrected chi connectivity index (χ3v) is 4.20. The molecule has 2 unspecified atom stereocenters. The van der Waals surface area contributed by atoms with E-state index < -0.39 is 0 Å². The standard InChI is InChI=1S/C17H27N/c1-14(2)18-13-17-11-7-6-10-16(17)12-15-8-4-3-5-9-15/h3-5,8-9,14,16-18H,6-7,10-13H2,1-2H3. The molecule has 0 bridgehead atoms. The van der Waals surface area contributed by atoms with Crippen molar-refractivity contribution in [3.8, 4) is 0 Å². The van der Waals surface area contributed by atoms with Crippen LogP contribution in [0.25, 0.3) is 0 Å². The molecule has 1 heteroatoms. The van der Waals surface area contributed by atoms with E-state index in [4.69, 9.17) is 0 Å². The van der Waals surface area contributed by atoms with Crippen molar-refractivity contribution in [2.75, 3.05) is 6.54 Å². The van der Waals surface area contributed by atoms with Gasteiger partial charge in [-0.2, -0.15) is 0 Å². The molecule has 2 atom stereocenters. The maximum absolute atomic E-state index is 3.63. The molecule has 0 aromatic heterocycles. The van der Waals surface area contributed by atoms with Crippen LogP contribution >= 0.6 is 0 Å². The summed E-state index contributed by atoms with van der Waals surface area (Å²) in [5.41, 5.74) is 1.51. The Hall–Kier alpha value is -0.820. The second-order valence-electron chi connectivity index (χ2n) is 6.06. The molecule has 0 saturated heterocycles. The lowest BCUT2D eigenvalue weighted by Gasteiger charge is -2.32. The lowest BCUT2D eigenvalue weighted by atomic mass is 9.76. The van der Waals surface area contributed by atoms with Gasteiger partial charge in [-0.1, -0.05) is 57.0 Å². The van der Waals surface area contributed by atoms with E-state index >= 15 is 0 Å². The largest absolute Gasteiger partial charge is 0.314 e. The summed E-state index contributed by atoms with van der Waals surface area (Å²) in [6.07, 6.45) is 6.95. The number of rotatable bonds is 5. The van der Waals surface area contributed by atoms with Crippen molar-refractivity contribution in [2.24, 2.45) is 11.8 Å². The van der Waals surface area contributed by atoms with Gasteiger partial charge in [0, 0.05) is 6.04 Å². The van der Waals surface area contributed by atoms with Crippen LogP contribution in [0, 0.1) is 11.8 Å². The molecule has 0 heterocycles. The maximum atomic E-state index is 3.63. The molecule has 100 valence electrons. The number of hydrogen-bond donors (Lipinski definition) is 1.